The molecule has 3 rings (SSSR count). The van der Waals surface area contributed by atoms with E-state index in [1.165, 1.54) is 12.1 Å². The zero-order valence-electron chi connectivity index (χ0n) is 12.5. The number of carbonyl (C=O) groups is 1. The number of amides is 1. The summed E-state index contributed by atoms with van der Waals surface area (Å²) in [6.07, 6.45) is 0. The maximum absolute atomic E-state index is 13.4. The van der Waals surface area contributed by atoms with E-state index in [-0.39, 0.29) is 23.8 Å². The van der Waals surface area contributed by atoms with Crippen molar-refractivity contribution < 1.29 is 9.18 Å². The summed E-state index contributed by atoms with van der Waals surface area (Å²) >= 11 is 0. The fourth-order valence-corrected chi connectivity index (χ4v) is 2.89. The van der Waals surface area contributed by atoms with Gasteiger partial charge in [-0.15, -0.1) is 0 Å². The van der Waals surface area contributed by atoms with E-state index in [1.807, 2.05) is 42.2 Å². The van der Waals surface area contributed by atoms with Crippen molar-refractivity contribution in [1.82, 2.24) is 10.2 Å². The summed E-state index contributed by atoms with van der Waals surface area (Å²) in [5.74, 6) is -0.507. The molecule has 2 unspecified atom stereocenters. The molecule has 2 aromatic carbocycles. The van der Waals surface area contributed by atoms with E-state index >= 15 is 0 Å². The van der Waals surface area contributed by atoms with Crippen molar-refractivity contribution in [3.8, 4) is 0 Å². The molecule has 0 aliphatic carbocycles. The van der Waals surface area contributed by atoms with Gasteiger partial charge in [-0.1, -0.05) is 36.4 Å². The number of carbonyl (C=O) groups excluding carboxylic acids is 1. The first-order valence-corrected chi connectivity index (χ1v) is 7.50. The Labute approximate surface area is 129 Å². The van der Waals surface area contributed by atoms with E-state index in [1.54, 1.807) is 12.1 Å². The molecular weight excluding hydrogens is 279 g/mol. The van der Waals surface area contributed by atoms with Gasteiger partial charge < -0.3 is 10.2 Å². The Balaban J connectivity index is 1.92. The Morgan fingerprint density at radius 1 is 1.18 bits per heavy atom. The maximum atomic E-state index is 13.4. The number of nitrogens with zero attached hydrogens (tertiary/aromatic N) is 1. The van der Waals surface area contributed by atoms with Crippen molar-refractivity contribution in [1.29, 1.82) is 0 Å². The summed E-state index contributed by atoms with van der Waals surface area (Å²) in [6.45, 7) is 3.36. The van der Waals surface area contributed by atoms with E-state index in [0.29, 0.717) is 18.7 Å². The number of hydrogen-bond acceptors (Lipinski definition) is 2. The average molecular weight is 298 g/mol. The minimum Gasteiger partial charge on any atom is -0.329 e. The Morgan fingerprint density at radius 3 is 2.68 bits per heavy atom. The zero-order chi connectivity index (χ0) is 15.5. The molecule has 1 heterocycles. The lowest BCUT2D eigenvalue weighted by Gasteiger charge is -2.39. The summed E-state index contributed by atoms with van der Waals surface area (Å²) in [6, 6.07) is 16.0. The summed E-state index contributed by atoms with van der Waals surface area (Å²) in [7, 11) is 0. The summed E-state index contributed by atoms with van der Waals surface area (Å²) in [5, 5.41) is 3.41. The highest BCUT2D eigenvalue weighted by Crippen LogP contribution is 2.25. The van der Waals surface area contributed by atoms with E-state index < -0.39 is 0 Å². The molecule has 1 aliphatic heterocycles. The van der Waals surface area contributed by atoms with Gasteiger partial charge in [-0.25, -0.2) is 4.39 Å². The topological polar surface area (TPSA) is 32.3 Å². The third kappa shape index (κ3) is 3.02. The van der Waals surface area contributed by atoms with Crippen molar-refractivity contribution in [2.45, 2.75) is 19.0 Å². The van der Waals surface area contributed by atoms with Crippen LogP contribution in [0.3, 0.4) is 0 Å². The zero-order valence-corrected chi connectivity index (χ0v) is 12.5. The molecule has 0 radical (unpaired) electrons. The second-order valence-corrected chi connectivity index (χ2v) is 5.70. The van der Waals surface area contributed by atoms with Gasteiger partial charge >= 0.3 is 0 Å². The number of piperazine rings is 1. The first kappa shape index (κ1) is 14.7. The molecule has 0 bridgehead atoms. The van der Waals surface area contributed by atoms with Crippen LogP contribution in [0.5, 0.6) is 0 Å². The van der Waals surface area contributed by atoms with Crippen molar-refractivity contribution in [3.63, 3.8) is 0 Å². The molecule has 1 N–H and O–H groups in total. The normalized spacial score (nSPS) is 21.6. The van der Waals surface area contributed by atoms with Crippen LogP contribution in [0.4, 0.5) is 4.39 Å². The lowest BCUT2D eigenvalue weighted by atomic mass is 10.00. The first-order valence-electron chi connectivity index (χ1n) is 7.50. The molecule has 1 aliphatic rings. The molecule has 2 atom stereocenters. The molecule has 1 fully saturated rings. The van der Waals surface area contributed by atoms with Gasteiger partial charge in [-0.05, 0) is 30.7 Å². The van der Waals surface area contributed by atoms with Gasteiger partial charge in [0.15, 0.2) is 0 Å². The third-order valence-corrected chi connectivity index (χ3v) is 4.02. The highest BCUT2D eigenvalue weighted by atomic mass is 19.1. The van der Waals surface area contributed by atoms with E-state index in [0.717, 1.165) is 5.56 Å². The maximum Gasteiger partial charge on any atom is 0.254 e. The standard InChI is InChI=1S/C18H19FN2O/c1-13-12-21(18(22)15-8-5-9-16(19)10-15)17(11-20-13)14-6-3-2-4-7-14/h2-10,13,17,20H,11-12H2,1H3. The van der Waals surface area contributed by atoms with Crippen LogP contribution < -0.4 is 5.32 Å². The van der Waals surface area contributed by atoms with Crippen LogP contribution in [-0.4, -0.2) is 29.9 Å². The Kier molecular flexibility index (Phi) is 4.20. The van der Waals surface area contributed by atoms with Gasteiger partial charge in [0, 0.05) is 24.7 Å². The SMILES string of the molecule is CC1CN(C(=O)c2cccc(F)c2)C(c2ccccc2)CN1. The average Bonchev–Trinajstić information content (AvgIpc) is 2.55. The second-order valence-electron chi connectivity index (χ2n) is 5.70. The van der Waals surface area contributed by atoms with Crippen LogP contribution in [0.15, 0.2) is 54.6 Å². The number of rotatable bonds is 2. The molecule has 0 aromatic heterocycles. The van der Waals surface area contributed by atoms with Gasteiger partial charge in [-0.2, -0.15) is 0 Å². The quantitative estimate of drug-likeness (QED) is 0.924. The molecule has 22 heavy (non-hydrogen) atoms. The van der Waals surface area contributed by atoms with Crippen LogP contribution in [0.25, 0.3) is 0 Å². The largest absolute Gasteiger partial charge is 0.329 e. The van der Waals surface area contributed by atoms with Gasteiger partial charge in [0.2, 0.25) is 0 Å². The highest BCUT2D eigenvalue weighted by Gasteiger charge is 2.31. The minimum atomic E-state index is -0.384. The van der Waals surface area contributed by atoms with Gasteiger partial charge in [0.25, 0.3) is 5.91 Å². The summed E-state index contributed by atoms with van der Waals surface area (Å²) < 4.78 is 13.4. The van der Waals surface area contributed by atoms with Crippen molar-refractivity contribution in [2.24, 2.45) is 0 Å². The number of benzene rings is 2. The molecule has 1 amide bonds. The van der Waals surface area contributed by atoms with Gasteiger partial charge in [0.1, 0.15) is 5.82 Å². The molecule has 2 aromatic rings. The van der Waals surface area contributed by atoms with Crippen molar-refractivity contribution in [2.75, 3.05) is 13.1 Å². The lowest BCUT2D eigenvalue weighted by Crippen LogP contribution is -2.53. The Bertz CT molecular complexity index is 659. The molecule has 0 spiro atoms. The van der Waals surface area contributed by atoms with E-state index in [4.69, 9.17) is 0 Å². The van der Waals surface area contributed by atoms with Crippen molar-refractivity contribution in [3.05, 3.63) is 71.5 Å². The predicted molar refractivity (Wildman–Crippen MR) is 84.1 cm³/mol. The molecule has 3 nitrogen and oxygen atoms in total. The van der Waals surface area contributed by atoms with Gasteiger partial charge in [-0.3, -0.25) is 4.79 Å². The monoisotopic (exact) mass is 298 g/mol. The summed E-state index contributed by atoms with van der Waals surface area (Å²) in [4.78, 5) is 14.7. The molecule has 0 saturated carbocycles. The Hall–Kier alpha value is -2.20. The lowest BCUT2D eigenvalue weighted by molar-refractivity contribution is 0.0591. The fourth-order valence-electron chi connectivity index (χ4n) is 2.89. The smallest absolute Gasteiger partial charge is 0.254 e. The van der Waals surface area contributed by atoms with Crippen LogP contribution in [-0.2, 0) is 0 Å². The predicted octanol–water partition coefficient (Wildman–Crippen LogP) is 3.00. The molecule has 114 valence electrons. The molecule has 4 heteroatoms. The van der Waals surface area contributed by atoms with Crippen LogP contribution in [0.2, 0.25) is 0 Å². The van der Waals surface area contributed by atoms with Crippen LogP contribution >= 0.6 is 0 Å². The first-order chi connectivity index (χ1) is 10.6. The van der Waals surface area contributed by atoms with E-state index in [9.17, 15) is 9.18 Å². The van der Waals surface area contributed by atoms with Gasteiger partial charge in [0.05, 0.1) is 6.04 Å². The summed E-state index contributed by atoms with van der Waals surface area (Å²) in [5.41, 5.74) is 1.49. The van der Waals surface area contributed by atoms with Crippen LogP contribution in [0, 0.1) is 5.82 Å². The molecular formula is C18H19FN2O. The number of halogens is 1. The highest BCUT2D eigenvalue weighted by molar-refractivity contribution is 5.94. The Morgan fingerprint density at radius 2 is 1.95 bits per heavy atom. The second kappa shape index (κ2) is 6.28. The van der Waals surface area contributed by atoms with E-state index in [2.05, 4.69) is 5.32 Å². The van der Waals surface area contributed by atoms with Crippen LogP contribution in [0.1, 0.15) is 28.9 Å². The number of hydrogen-bond donors (Lipinski definition) is 1. The minimum absolute atomic E-state index is 0.0341. The number of nitrogens with one attached hydrogen (secondary N) is 1. The third-order valence-electron chi connectivity index (χ3n) is 4.02. The fraction of sp³-hybridized carbons (Fsp3) is 0.278. The van der Waals surface area contributed by atoms with Crippen molar-refractivity contribution >= 4 is 5.91 Å². The molecule has 1 saturated heterocycles.